The maximum Gasteiger partial charge on any atom is 0.123 e. The molecule has 0 aromatic heterocycles. The van der Waals surface area contributed by atoms with Crippen LogP contribution in [-0.4, -0.2) is 18.8 Å². The Kier molecular flexibility index (Phi) is 2.79. The minimum atomic E-state index is -0.126. The number of aliphatic hydroxyl groups is 1. The number of hydrogen-bond acceptors (Lipinski definition) is 2. The summed E-state index contributed by atoms with van der Waals surface area (Å²) in [5.74, 6) is 0.856. The quantitative estimate of drug-likeness (QED) is 0.924. The number of ether oxygens (including phenoxy) is 1. The average molecular weight is 285 g/mol. The molecular formula is C13H17BrO2. The van der Waals surface area contributed by atoms with Gasteiger partial charge >= 0.3 is 0 Å². The predicted octanol–water partition coefficient (Wildman–Crippen LogP) is 3.12. The second-order valence-electron chi connectivity index (χ2n) is 5.15. The predicted molar refractivity (Wildman–Crippen MR) is 67.9 cm³/mol. The molecule has 0 aliphatic heterocycles. The van der Waals surface area contributed by atoms with Gasteiger partial charge in [0, 0.05) is 15.5 Å². The molecule has 0 saturated heterocycles. The van der Waals surface area contributed by atoms with Gasteiger partial charge in [-0.1, -0.05) is 35.8 Å². The van der Waals surface area contributed by atoms with E-state index in [0.29, 0.717) is 0 Å². The Morgan fingerprint density at radius 1 is 1.44 bits per heavy atom. The van der Waals surface area contributed by atoms with E-state index >= 15 is 0 Å². The van der Waals surface area contributed by atoms with Crippen molar-refractivity contribution in [1.29, 1.82) is 0 Å². The first-order valence-corrected chi connectivity index (χ1v) is 6.21. The maximum absolute atomic E-state index is 9.67. The SMILES string of the molecule is COc1cc(Br)ccc1C1(CO)CC1(C)C. The molecule has 0 heterocycles. The lowest BCUT2D eigenvalue weighted by molar-refractivity contribution is 0.228. The highest BCUT2D eigenvalue weighted by molar-refractivity contribution is 9.10. The Hall–Kier alpha value is -0.540. The summed E-state index contributed by atoms with van der Waals surface area (Å²) in [4.78, 5) is 0. The summed E-state index contributed by atoms with van der Waals surface area (Å²) in [6.07, 6.45) is 1.01. The van der Waals surface area contributed by atoms with E-state index in [1.807, 2.05) is 18.2 Å². The lowest BCUT2D eigenvalue weighted by Gasteiger charge is -2.21. The topological polar surface area (TPSA) is 29.5 Å². The van der Waals surface area contributed by atoms with E-state index in [-0.39, 0.29) is 17.4 Å². The summed E-state index contributed by atoms with van der Waals surface area (Å²) in [5, 5.41) is 9.67. The smallest absolute Gasteiger partial charge is 0.123 e. The van der Waals surface area contributed by atoms with Crippen LogP contribution in [0.1, 0.15) is 25.8 Å². The van der Waals surface area contributed by atoms with Crippen molar-refractivity contribution >= 4 is 15.9 Å². The van der Waals surface area contributed by atoms with E-state index in [2.05, 4.69) is 29.8 Å². The van der Waals surface area contributed by atoms with Crippen molar-refractivity contribution < 1.29 is 9.84 Å². The van der Waals surface area contributed by atoms with Crippen LogP contribution in [0.25, 0.3) is 0 Å². The van der Waals surface area contributed by atoms with Crippen LogP contribution >= 0.6 is 15.9 Å². The van der Waals surface area contributed by atoms with Crippen molar-refractivity contribution in [2.75, 3.05) is 13.7 Å². The Morgan fingerprint density at radius 2 is 2.06 bits per heavy atom. The molecule has 0 amide bonds. The number of rotatable bonds is 3. The third-order valence-corrected chi connectivity index (χ3v) is 4.36. The Labute approximate surface area is 105 Å². The molecule has 88 valence electrons. The molecule has 3 heteroatoms. The van der Waals surface area contributed by atoms with Crippen LogP contribution in [0.15, 0.2) is 22.7 Å². The molecule has 0 spiro atoms. The minimum absolute atomic E-state index is 0.126. The molecule has 1 N–H and O–H groups in total. The standard InChI is InChI=1S/C13H17BrO2/c1-12(2)7-13(12,8-15)10-5-4-9(14)6-11(10)16-3/h4-6,15H,7-8H2,1-3H3. The van der Waals surface area contributed by atoms with Crippen molar-refractivity contribution in [2.45, 2.75) is 25.7 Å². The highest BCUT2D eigenvalue weighted by Gasteiger charge is 2.62. The first kappa shape index (κ1) is 11.9. The fraction of sp³-hybridized carbons (Fsp3) is 0.538. The molecular weight excluding hydrogens is 268 g/mol. The first-order valence-electron chi connectivity index (χ1n) is 5.42. The van der Waals surface area contributed by atoms with Gasteiger partial charge < -0.3 is 9.84 Å². The largest absolute Gasteiger partial charge is 0.496 e. The van der Waals surface area contributed by atoms with Gasteiger partial charge in [0.05, 0.1) is 13.7 Å². The third-order valence-electron chi connectivity index (χ3n) is 3.86. The van der Waals surface area contributed by atoms with Gasteiger partial charge in [-0.05, 0) is 24.0 Å². The summed E-state index contributed by atoms with van der Waals surface area (Å²) >= 11 is 3.43. The van der Waals surface area contributed by atoms with Crippen LogP contribution in [0, 0.1) is 5.41 Å². The maximum atomic E-state index is 9.67. The molecule has 1 unspecified atom stereocenters. The minimum Gasteiger partial charge on any atom is -0.496 e. The van der Waals surface area contributed by atoms with Gasteiger partial charge in [0.25, 0.3) is 0 Å². The van der Waals surface area contributed by atoms with Crippen molar-refractivity contribution in [3.05, 3.63) is 28.2 Å². The lowest BCUT2D eigenvalue weighted by atomic mass is 9.88. The molecule has 0 radical (unpaired) electrons. The summed E-state index contributed by atoms with van der Waals surface area (Å²) in [5.41, 5.74) is 1.15. The van der Waals surface area contributed by atoms with E-state index in [1.165, 1.54) is 0 Å². The van der Waals surface area contributed by atoms with E-state index in [9.17, 15) is 5.11 Å². The summed E-state index contributed by atoms with van der Waals surface area (Å²) in [7, 11) is 1.67. The van der Waals surface area contributed by atoms with E-state index in [0.717, 1.165) is 22.2 Å². The fourth-order valence-electron chi connectivity index (χ4n) is 2.59. The van der Waals surface area contributed by atoms with Crippen LogP contribution in [0.4, 0.5) is 0 Å². The second kappa shape index (κ2) is 3.74. The lowest BCUT2D eigenvalue weighted by Crippen LogP contribution is -2.20. The normalized spacial score (nSPS) is 26.6. The van der Waals surface area contributed by atoms with E-state index in [1.54, 1.807) is 7.11 Å². The number of hydrogen-bond donors (Lipinski definition) is 1. The zero-order chi connectivity index (χ0) is 12.0. The van der Waals surface area contributed by atoms with Crippen LogP contribution in [-0.2, 0) is 5.41 Å². The summed E-state index contributed by atoms with van der Waals surface area (Å²) in [6.45, 7) is 4.55. The molecule has 0 bridgehead atoms. The van der Waals surface area contributed by atoms with Crippen LogP contribution in [0.5, 0.6) is 5.75 Å². The Bertz CT molecular complexity index is 414. The van der Waals surface area contributed by atoms with Crippen LogP contribution in [0.2, 0.25) is 0 Å². The fourth-order valence-corrected chi connectivity index (χ4v) is 2.93. The van der Waals surface area contributed by atoms with Crippen molar-refractivity contribution in [3.8, 4) is 5.75 Å². The molecule has 16 heavy (non-hydrogen) atoms. The summed E-state index contributed by atoms with van der Waals surface area (Å²) < 4.78 is 6.41. The Morgan fingerprint density at radius 3 is 2.50 bits per heavy atom. The first-order chi connectivity index (χ1) is 7.47. The van der Waals surface area contributed by atoms with Gasteiger partial charge in [-0.2, -0.15) is 0 Å². The highest BCUT2D eigenvalue weighted by atomic mass is 79.9. The zero-order valence-electron chi connectivity index (χ0n) is 9.88. The van der Waals surface area contributed by atoms with Crippen molar-refractivity contribution in [2.24, 2.45) is 5.41 Å². The zero-order valence-corrected chi connectivity index (χ0v) is 11.5. The molecule has 1 fully saturated rings. The average Bonchev–Trinajstić information content (AvgIpc) is 2.82. The monoisotopic (exact) mass is 284 g/mol. The number of methoxy groups -OCH3 is 1. The third kappa shape index (κ3) is 1.57. The van der Waals surface area contributed by atoms with Gasteiger partial charge in [-0.25, -0.2) is 0 Å². The summed E-state index contributed by atoms with van der Waals surface area (Å²) in [6, 6.07) is 6.01. The van der Waals surface area contributed by atoms with E-state index < -0.39 is 0 Å². The van der Waals surface area contributed by atoms with E-state index in [4.69, 9.17) is 4.74 Å². The van der Waals surface area contributed by atoms with Gasteiger partial charge in [0.1, 0.15) is 5.75 Å². The number of benzene rings is 1. The number of halogens is 1. The molecule has 1 atom stereocenters. The Balaban J connectivity index is 2.48. The molecule has 1 aliphatic carbocycles. The van der Waals surface area contributed by atoms with Gasteiger partial charge in [0.2, 0.25) is 0 Å². The molecule has 2 nitrogen and oxygen atoms in total. The number of aliphatic hydroxyl groups excluding tert-OH is 1. The van der Waals surface area contributed by atoms with Crippen LogP contribution in [0.3, 0.4) is 0 Å². The molecule has 1 saturated carbocycles. The van der Waals surface area contributed by atoms with Gasteiger partial charge in [0.15, 0.2) is 0 Å². The molecule has 1 aromatic carbocycles. The van der Waals surface area contributed by atoms with Crippen molar-refractivity contribution in [1.82, 2.24) is 0 Å². The molecule has 1 aromatic rings. The van der Waals surface area contributed by atoms with Gasteiger partial charge in [-0.15, -0.1) is 0 Å². The van der Waals surface area contributed by atoms with Gasteiger partial charge in [-0.3, -0.25) is 0 Å². The van der Waals surface area contributed by atoms with Crippen LogP contribution < -0.4 is 4.74 Å². The highest BCUT2D eigenvalue weighted by Crippen LogP contribution is 2.65. The molecule has 1 aliphatic rings. The second-order valence-corrected chi connectivity index (χ2v) is 6.06. The molecule has 2 rings (SSSR count). The van der Waals surface area contributed by atoms with Crippen molar-refractivity contribution in [3.63, 3.8) is 0 Å².